The van der Waals surface area contributed by atoms with E-state index in [1.165, 1.54) is 0 Å². The van der Waals surface area contributed by atoms with Gasteiger partial charge in [0.15, 0.2) is 0 Å². The van der Waals surface area contributed by atoms with Gasteiger partial charge in [0.05, 0.1) is 18.4 Å². The summed E-state index contributed by atoms with van der Waals surface area (Å²) in [4.78, 5) is 15.6. The zero-order valence-corrected chi connectivity index (χ0v) is 15.1. The van der Waals surface area contributed by atoms with Gasteiger partial charge in [-0.15, -0.1) is 0 Å². The summed E-state index contributed by atoms with van der Waals surface area (Å²) in [6.07, 6.45) is 1.70. The minimum absolute atomic E-state index is 0.239. The molecule has 0 unspecified atom stereocenters. The molecule has 1 aromatic heterocycles. The van der Waals surface area contributed by atoms with Crippen molar-refractivity contribution >= 4 is 33.3 Å². The Morgan fingerprint density at radius 2 is 1.81 bits per heavy atom. The highest BCUT2D eigenvalue weighted by molar-refractivity contribution is 6.08. The van der Waals surface area contributed by atoms with E-state index in [2.05, 4.69) is 15.5 Å². The zero-order chi connectivity index (χ0) is 18.8. The molecule has 0 aliphatic heterocycles. The second-order valence-electron chi connectivity index (χ2n) is 6.31. The third kappa shape index (κ3) is 3.27. The fraction of sp³-hybridized carbons (Fsp3) is 0.0909. The molecule has 0 saturated carbocycles. The largest absolute Gasteiger partial charge is 0.497 e. The molecule has 1 heterocycles. The van der Waals surface area contributed by atoms with E-state index >= 15 is 0 Å². The number of rotatable bonds is 4. The first-order valence-electron chi connectivity index (χ1n) is 8.64. The maximum atomic E-state index is 12.5. The number of nitrogens with zero attached hydrogens (tertiary/aromatic N) is 1. The lowest BCUT2D eigenvalue weighted by atomic mass is 10.0. The van der Waals surface area contributed by atoms with E-state index in [1.54, 1.807) is 13.3 Å². The molecule has 3 aromatic carbocycles. The Hall–Kier alpha value is -3.60. The number of methoxy groups -OCH3 is 1. The van der Waals surface area contributed by atoms with Crippen molar-refractivity contribution in [3.05, 3.63) is 78.0 Å². The third-order valence-corrected chi connectivity index (χ3v) is 4.62. The van der Waals surface area contributed by atoms with Gasteiger partial charge in [0.25, 0.3) is 5.91 Å². The highest BCUT2D eigenvalue weighted by atomic mass is 16.5. The maximum absolute atomic E-state index is 12.5. The Morgan fingerprint density at radius 3 is 2.67 bits per heavy atom. The van der Waals surface area contributed by atoms with Crippen LogP contribution in [-0.4, -0.2) is 23.7 Å². The smallest absolute Gasteiger partial charge is 0.273 e. The molecule has 4 rings (SSSR count). The minimum Gasteiger partial charge on any atom is -0.497 e. The molecule has 4 aromatic rings. The number of para-hydroxylation sites is 1. The zero-order valence-electron chi connectivity index (χ0n) is 15.1. The van der Waals surface area contributed by atoms with E-state index in [4.69, 9.17) is 4.74 Å². The summed E-state index contributed by atoms with van der Waals surface area (Å²) in [5, 5.41) is 7.33. The molecule has 5 nitrogen and oxygen atoms in total. The Balaban J connectivity index is 1.57. The summed E-state index contributed by atoms with van der Waals surface area (Å²) in [5.74, 6) is 0.587. The van der Waals surface area contributed by atoms with Gasteiger partial charge < -0.3 is 9.72 Å². The van der Waals surface area contributed by atoms with Gasteiger partial charge in [0, 0.05) is 17.1 Å². The molecule has 0 atom stereocenters. The van der Waals surface area contributed by atoms with Crippen LogP contribution in [0.3, 0.4) is 0 Å². The number of aromatic nitrogens is 1. The molecule has 0 radical (unpaired) electrons. The Morgan fingerprint density at radius 1 is 1.04 bits per heavy atom. The van der Waals surface area contributed by atoms with Gasteiger partial charge in [-0.2, -0.15) is 5.10 Å². The molecule has 0 fully saturated rings. The van der Waals surface area contributed by atoms with Crippen molar-refractivity contribution in [2.75, 3.05) is 7.11 Å². The molecular formula is C22H19N3O2. The number of carbonyl (C=O) groups is 1. The lowest BCUT2D eigenvalue weighted by molar-refractivity contribution is 0.0956. The molecule has 5 heteroatoms. The molecule has 0 bridgehead atoms. The highest BCUT2D eigenvalue weighted by Crippen LogP contribution is 2.22. The number of fused-ring (bicyclic) bond motifs is 2. The topological polar surface area (TPSA) is 66.5 Å². The van der Waals surface area contributed by atoms with E-state index in [1.807, 2.05) is 67.6 Å². The molecule has 0 aliphatic carbocycles. The van der Waals surface area contributed by atoms with E-state index < -0.39 is 0 Å². The number of H-pyrrole nitrogens is 1. The summed E-state index contributed by atoms with van der Waals surface area (Å²) in [6, 6.07) is 19.7. The lowest BCUT2D eigenvalue weighted by Crippen LogP contribution is -2.19. The lowest BCUT2D eigenvalue weighted by Gasteiger charge is -2.06. The summed E-state index contributed by atoms with van der Waals surface area (Å²) in [6.45, 7) is 1.88. The van der Waals surface area contributed by atoms with Crippen molar-refractivity contribution in [2.45, 2.75) is 6.92 Å². The Labute approximate surface area is 156 Å². The number of hydrogen-bond donors (Lipinski definition) is 2. The fourth-order valence-electron chi connectivity index (χ4n) is 3.09. The van der Waals surface area contributed by atoms with Gasteiger partial charge in [0.2, 0.25) is 0 Å². The average Bonchev–Trinajstić information content (AvgIpc) is 3.15. The van der Waals surface area contributed by atoms with Crippen molar-refractivity contribution in [1.82, 2.24) is 10.4 Å². The van der Waals surface area contributed by atoms with Crippen LogP contribution in [0, 0.1) is 0 Å². The SMILES string of the molecule is COc1ccc2cc(/C(C)=N/NC(=O)c3c[nH]c4ccccc34)ccc2c1. The van der Waals surface area contributed by atoms with Crippen LogP contribution >= 0.6 is 0 Å². The summed E-state index contributed by atoms with van der Waals surface area (Å²) in [7, 11) is 1.66. The van der Waals surface area contributed by atoms with E-state index in [0.29, 0.717) is 5.56 Å². The maximum Gasteiger partial charge on any atom is 0.273 e. The van der Waals surface area contributed by atoms with Crippen molar-refractivity contribution in [3.8, 4) is 5.75 Å². The quantitative estimate of drug-likeness (QED) is 0.418. The van der Waals surface area contributed by atoms with Crippen LogP contribution < -0.4 is 10.2 Å². The molecular weight excluding hydrogens is 338 g/mol. The summed E-state index contributed by atoms with van der Waals surface area (Å²) < 4.78 is 5.26. The van der Waals surface area contributed by atoms with Gasteiger partial charge in [-0.3, -0.25) is 4.79 Å². The van der Waals surface area contributed by atoms with Crippen LogP contribution in [0.2, 0.25) is 0 Å². The molecule has 134 valence electrons. The van der Waals surface area contributed by atoms with Gasteiger partial charge >= 0.3 is 0 Å². The highest BCUT2D eigenvalue weighted by Gasteiger charge is 2.11. The number of hydrazone groups is 1. The van der Waals surface area contributed by atoms with Crippen LogP contribution in [0.1, 0.15) is 22.8 Å². The molecule has 2 N–H and O–H groups in total. The number of amides is 1. The second-order valence-corrected chi connectivity index (χ2v) is 6.31. The Kier molecular flexibility index (Phi) is 4.34. The van der Waals surface area contributed by atoms with Crippen LogP contribution in [0.5, 0.6) is 5.75 Å². The van der Waals surface area contributed by atoms with Crippen LogP contribution in [0.15, 0.2) is 72.0 Å². The fourth-order valence-corrected chi connectivity index (χ4v) is 3.09. The molecule has 0 spiro atoms. The molecule has 0 saturated heterocycles. The van der Waals surface area contributed by atoms with Crippen molar-refractivity contribution < 1.29 is 9.53 Å². The summed E-state index contributed by atoms with van der Waals surface area (Å²) in [5.41, 5.74) is 5.84. The third-order valence-electron chi connectivity index (χ3n) is 4.62. The molecule has 0 aliphatic rings. The van der Waals surface area contributed by atoms with Crippen molar-refractivity contribution in [3.63, 3.8) is 0 Å². The number of carbonyl (C=O) groups excluding carboxylic acids is 1. The number of nitrogens with one attached hydrogen (secondary N) is 2. The first-order valence-corrected chi connectivity index (χ1v) is 8.64. The van der Waals surface area contributed by atoms with E-state index in [-0.39, 0.29) is 5.91 Å². The first-order chi connectivity index (χ1) is 13.2. The monoisotopic (exact) mass is 357 g/mol. The van der Waals surface area contributed by atoms with Crippen LogP contribution in [0.4, 0.5) is 0 Å². The van der Waals surface area contributed by atoms with Crippen molar-refractivity contribution in [1.29, 1.82) is 0 Å². The number of ether oxygens (including phenoxy) is 1. The summed E-state index contributed by atoms with van der Waals surface area (Å²) >= 11 is 0. The number of aromatic amines is 1. The number of benzene rings is 3. The minimum atomic E-state index is -0.239. The van der Waals surface area contributed by atoms with E-state index in [0.717, 1.165) is 38.7 Å². The first kappa shape index (κ1) is 16.8. The predicted molar refractivity (Wildman–Crippen MR) is 108 cm³/mol. The normalized spacial score (nSPS) is 11.7. The van der Waals surface area contributed by atoms with Gasteiger partial charge in [-0.25, -0.2) is 5.43 Å². The van der Waals surface area contributed by atoms with Gasteiger partial charge in [-0.1, -0.05) is 36.4 Å². The Bertz CT molecular complexity index is 1170. The van der Waals surface area contributed by atoms with Crippen LogP contribution in [0.25, 0.3) is 21.7 Å². The van der Waals surface area contributed by atoms with Crippen LogP contribution in [-0.2, 0) is 0 Å². The average molecular weight is 357 g/mol. The predicted octanol–water partition coefficient (Wildman–Crippen LogP) is 4.48. The molecule has 1 amide bonds. The van der Waals surface area contributed by atoms with E-state index in [9.17, 15) is 4.79 Å². The second kappa shape index (κ2) is 6.96. The van der Waals surface area contributed by atoms with Crippen molar-refractivity contribution in [2.24, 2.45) is 5.10 Å². The standard InChI is InChI=1S/C22H19N3O2/c1-14(15-7-8-17-12-18(27-2)10-9-16(17)11-15)24-25-22(26)20-13-23-21-6-4-3-5-19(20)21/h3-13,23H,1-2H3,(H,25,26)/b24-14+. The molecule has 27 heavy (non-hydrogen) atoms. The van der Waals surface area contributed by atoms with Gasteiger partial charge in [-0.05, 0) is 47.5 Å². The number of hydrogen-bond acceptors (Lipinski definition) is 3. The van der Waals surface area contributed by atoms with Gasteiger partial charge in [0.1, 0.15) is 5.75 Å².